The summed E-state index contributed by atoms with van der Waals surface area (Å²) in [4.78, 5) is 10.5. The van der Waals surface area contributed by atoms with E-state index in [9.17, 15) is 4.79 Å². The number of hydrogen-bond acceptors (Lipinski definition) is 6. The molecule has 2 atom stereocenters. The average molecular weight is 192 g/mol. The largest absolute Gasteiger partial charge is 0.513 e. The number of rotatable bonds is 5. The maximum absolute atomic E-state index is 10.5. The Kier molecular flexibility index (Phi) is 5.86. The van der Waals surface area contributed by atoms with Crippen molar-refractivity contribution in [2.45, 2.75) is 12.2 Å². The summed E-state index contributed by atoms with van der Waals surface area (Å²) >= 11 is 0. The zero-order chi connectivity index (χ0) is 10.3. The highest BCUT2D eigenvalue weighted by atomic mass is 16.7. The number of hydrogen-bond donors (Lipinski definition) is 3. The molecule has 0 saturated carbocycles. The lowest BCUT2D eigenvalue weighted by Crippen LogP contribution is -2.34. The van der Waals surface area contributed by atoms with Crippen LogP contribution in [0.15, 0.2) is 12.8 Å². The first-order chi connectivity index (χ1) is 6.11. The van der Waals surface area contributed by atoms with E-state index in [0.29, 0.717) is 0 Å². The first kappa shape index (κ1) is 11.9. The van der Waals surface area contributed by atoms with Crippen LogP contribution >= 0.6 is 0 Å². The molecule has 0 saturated heterocycles. The van der Waals surface area contributed by atoms with Gasteiger partial charge in [0.2, 0.25) is 0 Å². The standard InChI is InChI=1S/C7H12O6/c1-2-12-7(11)13-4-6(10)5(9)3-8/h2,5-6,8-10H,1,3-4H2/t5-,6-/m1/s1. The van der Waals surface area contributed by atoms with Crippen LogP contribution in [0.5, 0.6) is 0 Å². The van der Waals surface area contributed by atoms with E-state index in [4.69, 9.17) is 15.3 Å². The van der Waals surface area contributed by atoms with Crippen LogP contribution in [0.1, 0.15) is 0 Å². The molecule has 0 aliphatic heterocycles. The van der Waals surface area contributed by atoms with E-state index in [1.165, 1.54) is 0 Å². The fourth-order valence-electron chi connectivity index (χ4n) is 0.488. The van der Waals surface area contributed by atoms with Gasteiger partial charge >= 0.3 is 6.16 Å². The van der Waals surface area contributed by atoms with Crippen LogP contribution in [-0.2, 0) is 9.47 Å². The molecule has 0 unspecified atom stereocenters. The minimum Gasteiger partial charge on any atom is -0.431 e. The maximum Gasteiger partial charge on any atom is 0.513 e. The van der Waals surface area contributed by atoms with Crippen LogP contribution in [0.4, 0.5) is 4.79 Å². The Morgan fingerprint density at radius 2 is 2.08 bits per heavy atom. The highest BCUT2D eigenvalue weighted by Gasteiger charge is 2.17. The fourth-order valence-corrected chi connectivity index (χ4v) is 0.488. The molecule has 3 N–H and O–H groups in total. The van der Waals surface area contributed by atoms with Crippen molar-refractivity contribution in [2.24, 2.45) is 0 Å². The summed E-state index contributed by atoms with van der Waals surface area (Å²) in [6.45, 7) is 2.04. The molecule has 0 aromatic heterocycles. The molecule has 0 aromatic rings. The predicted molar refractivity (Wildman–Crippen MR) is 41.7 cm³/mol. The van der Waals surface area contributed by atoms with E-state index in [-0.39, 0.29) is 0 Å². The van der Waals surface area contributed by atoms with Gasteiger partial charge in [-0.1, -0.05) is 6.58 Å². The lowest BCUT2D eigenvalue weighted by molar-refractivity contribution is -0.0487. The van der Waals surface area contributed by atoms with Crippen molar-refractivity contribution in [3.63, 3.8) is 0 Å². The number of aliphatic hydroxyl groups is 3. The molecule has 0 heterocycles. The molecule has 0 spiro atoms. The summed E-state index contributed by atoms with van der Waals surface area (Å²) in [5, 5.41) is 26.2. The predicted octanol–water partition coefficient (Wildman–Crippen LogP) is -1.00. The summed E-state index contributed by atoms with van der Waals surface area (Å²) in [7, 11) is 0. The number of carbonyl (C=O) groups is 1. The summed E-state index contributed by atoms with van der Waals surface area (Å²) in [5.74, 6) is 0. The normalized spacial score (nSPS) is 14.4. The lowest BCUT2D eigenvalue weighted by Gasteiger charge is -2.14. The summed E-state index contributed by atoms with van der Waals surface area (Å²) in [6, 6.07) is 0. The lowest BCUT2D eigenvalue weighted by atomic mass is 10.2. The van der Waals surface area contributed by atoms with E-state index < -0.39 is 31.6 Å². The third-order valence-electron chi connectivity index (χ3n) is 1.18. The summed E-state index contributed by atoms with van der Waals surface area (Å²) in [5.41, 5.74) is 0. The van der Waals surface area contributed by atoms with Crippen molar-refractivity contribution < 1.29 is 29.6 Å². The molecule has 0 rings (SSSR count). The van der Waals surface area contributed by atoms with Crippen molar-refractivity contribution in [2.75, 3.05) is 13.2 Å². The zero-order valence-electron chi connectivity index (χ0n) is 6.92. The van der Waals surface area contributed by atoms with Crippen LogP contribution in [0.3, 0.4) is 0 Å². The van der Waals surface area contributed by atoms with Crippen LogP contribution in [-0.4, -0.2) is 46.9 Å². The molecule has 0 aliphatic carbocycles. The molecule has 76 valence electrons. The molecule has 0 amide bonds. The minimum absolute atomic E-state index is 0.450. The third-order valence-corrected chi connectivity index (χ3v) is 1.18. The van der Waals surface area contributed by atoms with Gasteiger partial charge in [0.05, 0.1) is 12.9 Å². The average Bonchev–Trinajstić information content (AvgIpc) is 2.13. The van der Waals surface area contributed by atoms with E-state index in [0.717, 1.165) is 6.26 Å². The second kappa shape index (κ2) is 6.41. The Labute approximate surface area is 75.0 Å². The molecule has 0 aliphatic rings. The van der Waals surface area contributed by atoms with E-state index >= 15 is 0 Å². The van der Waals surface area contributed by atoms with Crippen molar-refractivity contribution in [3.05, 3.63) is 12.8 Å². The Morgan fingerprint density at radius 1 is 1.46 bits per heavy atom. The highest BCUT2D eigenvalue weighted by Crippen LogP contribution is 1.95. The smallest absolute Gasteiger partial charge is 0.431 e. The highest BCUT2D eigenvalue weighted by molar-refractivity contribution is 5.60. The molecular formula is C7H12O6. The molecule has 6 nitrogen and oxygen atoms in total. The van der Waals surface area contributed by atoms with E-state index in [1.807, 2.05) is 0 Å². The van der Waals surface area contributed by atoms with Gasteiger partial charge in [-0.2, -0.15) is 0 Å². The van der Waals surface area contributed by atoms with Gasteiger partial charge < -0.3 is 24.8 Å². The van der Waals surface area contributed by atoms with Gasteiger partial charge in [-0.25, -0.2) is 4.79 Å². The summed E-state index contributed by atoms with van der Waals surface area (Å²) < 4.78 is 8.47. The Bertz CT molecular complexity index is 168. The SMILES string of the molecule is C=COC(=O)OC[C@@H](O)[C@H](O)CO. The molecule has 0 aromatic carbocycles. The van der Waals surface area contributed by atoms with Gasteiger partial charge in [0.25, 0.3) is 0 Å². The van der Waals surface area contributed by atoms with E-state index in [1.54, 1.807) is 0 Å². The fraction of sp³-hybridized carbons (Fsp3) is 0.571. The first-order valence-electron chi connectivity index (χ1n) is 3.53. The second-order valence-corrected chi connectivity index (χ2v) is 2.16. The molecule has 0 radical (unpaired) electrons. The molecule has 0 bridgehead atoms. The zero-order valence-corrected chi connectivity index (χ0v) is 6.92. The molecule has 0 fully saturated rings. The molecular weight excluding hydrogens is 180 g/mol. The Hall–Kier alpha value is -1.11. The van der Waals surface area contributed by atoms with Crippen LogP contribution in [0, 0.1) is 0 Å². The van der Waals surface area contributed by atoms with Gasteiger partial charge in [0, 0.05) is 0 Å². The molecule has 13 heavy (non-hydrogen) atoms. The van der Waals surface area contributed by atoms with Crippen molar-refractivity contribution >= 4 is 6.16 Å². The quantitative estimate of drug-likeness (QED) is 0.382. The number of ether oxygens (including phenoxy) is 2. The topological polar surface area (TPSA) is 96.2 Å². The Balaban J connectivity index is 3.62. The van der Waals surface area contributed by atoms with Gasteiger partial charge in [-0.3, -0.25) is 0 Å². The van der Waals surface area contributed by atoms with Gasteiger partial charge in [0.1, 0.15) is 18.8 Å². The Morgan fingerprint density at radius 3 is 2.54 bits per heavy atom. The van der Waals surface area contributed by atoms with Crippen molar-refractivity contribution in [1.29, 1.82) is 0 Å². The maximum atomic E-state index is 10.5. The van der Waals surface area contributed by atoms with E-state index in [2.05, 4.69) is 16.1 Å². The van der Waals surface area contributed by atoms with Gasteiger partial charge in [0.15, 0.2) is 0 Å². The van der Waals surface area contributed by atoms with Gasteiger partial charge in [-0.15, -0.1) is 0 Å². The van der Waals surface area contributed by atoms with Crippen molar-refractivity contribution in [1.82, 2.24) is 0 Å². The third kappa shape index (κ3) is 5.18. The number of aliphatic hydroxyl groups excluding tert-OH is 3. The van der Waals surface area contributed by atoms with Crippen molar-refractivity contribution in [3.8, 4) is 0 Å². The van der Waals surface area contributed by atoms with Crippen LogP contribution < -0.4 is 0 Å². The minimum atomic E-state index is -1.34. The van der Waals surface area contributed by atoms with Crippen LogP contribution in [0.2, 0.25) is 0 Å². The second-order valence-electron chi connectivity index (χ2n) is 2.16. The van der Waals surface area contributed by atoms with Crippen LogP contribution in [0.25, 0.3) is 0 Å². The first-order valence-corrected chi connectivity index (χ1v) is 3.53. The van der Waals surface area contributed by atoms with Gasteiger partial charge in [-0.05, 0) is 0 Å². The summed E-state index contributed by atoms with van der Waals surface area (Å²) in [6.07, 6.45) is -2.82. The monoisotopic (exact) mass is 192 g/mol. The molecule has 6 heteroatoms. The number of carbonyl (C=O) groups excluding carboxylic acids is 1.